The first kappa shape index (κ1) is 28.8. The molecule has 1 fully saturated rings. The highest BCUT2D eigenvalue weighted by molar-refractivity contribution is 5.93. The number of carbonyl (C=O) groups is 2. The monoisotopic (exact) mass is 554 g/mol. The molecule has 10 nitrogen and oxygen atoms in total. The molecule has 0 bridgehead atoms. The Kier molecular flexibility index (Phi) is 9.93. The van der Waals surface area contributed by atoms with Crippen molar-refractivity contribution in [3.8, 4) is 11.5 Å². The van der Waals surface area contributed by atoms with E-state index in [4.69, 9.17) is 14.2 Å². The predicted molar refractivity (Wildman–Crippen MR) is 147 cm³/mol. The first-order valence-corrected chi connectivity index (χ1v) is 13.6. The van der Waals surface area contributed by atoms with Crippen LogP contribution in [0.4, 0.5) is 9.18 Å². The topological polar surface area (TPSA) is 123 Å². The first-order chi connectivity index (χ1) is 19.4. The number of hydrogen-bond acceptors (Lipinski definition) is 7. The van der Waals surface area contributed by atoms with Crippen LogP contribution in [0.1, 0.15) is 55.2 Å². The van der Waals surface area contributed by atoms with Crippen molar-refractivity contribution in [2.45, 2.75) is 45.6 Å². The van der Waals surface area contributed by atoms with E-state index in [-0.39, 0.29) is 41.7 Å². The van der Waals surface area contributed by atoms with Crippen molar-refractivity contribution in [1.29, 1.82) is 0 Å². The van der Waals surface area contributed by atoms with Gasteiger partial charge in [-0.25, -0.2) is 14.2 Å². The number of nitrogens with one attached hydrogen (secondary N) is 2. The van der Waals surface area contributed by atoms with Gasteiger partial charge in [-0.15, -0.1) is 0 Å². The number of fused-ring (bicyclic) bond motifs is 1. The molecule has 11 heteroatoms. The quantitative estimate of drug-likeness (QED) is 0.337. The minimum absolute atomic E-state index is 0.0472. The van der Waals surface area contributed by atoms with E-state index in [1.54, 1.807) is 30.2 Å². The van der Waals surface area contributed by atoms with Crippen LogP contribution in [0.3, 0.4) is 0 Å². The minimum Gasteiger partial charge on any atom is -0.497 e. The molecular formula is C29H35FN4O6. The molecule has 0 atom stereocenters. The molecule has 40 heavy (non-hydrogen) atoms. The summed E-state index contributed by atoms with van der Waals surface area (Å²) in [5.74, 6) is -0.668. The van der Waals surface area contributed by atoms with Gasteiger partial charge >= 0.3 is 6.09 Å². The van der Waals surface area contributed by atoms with Crippen molar-refractivity contribution in [3.63, 3.8) is 0 Å². The molecule has 2 amide bonds. The number of ether oxygens (including phenoxy) is 3. The number of aromatic nitrogens is 2. The Bertz CT molecular complexity index is 1390. The van der Waals surface area contributed by atoms with Crippen molar-refractivity contribution in [2.24, 2.45) is 5.92 Å². The number of amides is 2. The molecule has 0 unspecified atom stereocenters. The molecule has 0 spiro atoms. The zero-order chi connectivity index (χ0) is 28.5. The summed E-state index contributed by atoms with van der Waals surface area (Å²) < 4.78 is 30.9. The van der Waals surface area contributed by atoms with Gasteiger partial charge in [0.25, 0.3) is 11.5 Å². The minimum atomic E-state index is -0.681. The standard InChI is InChI=1S/C29H35FN4O6/c1-3-4-15-40-29(37)34-13-10-19(11-14-34)12-16-39-25-22(30)8-9-23-24(25)27(35)33-26(32-23)28(36)31-18-20-6-5-7-21(17-20)38-2/h5-9,17,19H,3-4,10-16,18H2,1-2H3,(H,31,36)(H,32,33,35). The molecule has 1 aliphatic heterocycles. The lowest BCUT2D eigenvalue weighted by molar-refractivity contribution is 0.0841. The summed E-state index contributed by atoms with van der Waals surface area (Å²) in [5, 5.41) is 2.67. The Morgan fingerprint density at radius 2 is 1.98 bits per heavy atom. The first-order valence-electron chi connectivity index (χ1n) is 13.6. The van der Waals surface area contributed by atoms with Gasteiger partial charge in [0.15, 0.2) is 17.4 Å². The van der Waals surface area contributed by atoms with E-state index in [1.807, 2.05) is 13.0 Å². The van der Waals surface area contributed by atoms with E-state index in [0.717, 1.165) is 31.2 Å². The Labute approximate surface area is 231 Å². The van der Waals surface area contributed by atoms with E-state index >= 15 is 0 Å². The van der Waals surface area contributed by atoms with Crippen molar-refractivity contribution >= 4 is 22.9 Å². The van der Waals surface area contributed by atoms with Crippen LogP contribution < -0.4 is 20.3 Å². The summed E-state index contributed by atoms with van der Waals surface area (Å²) in [6.07, 6.45) is 3.77. The highest BCUT2D eigenvalue weighted by atomic mass is 19.1. The smallest absolute Gasteiger partial charge is 0.409 e. The maximum Gasteiger partial charge on any atom is 0.409 e. The van der Waals surface area contributed by atoms with E-state index in [1.165, 1.54) is 12.1 Å². The van der Waals surface area contributed by atoms with Crippen LogP contribution in [0.2, 0.25) is 0 Å². The molecule has 3 aromatic rings. The lowest BCUT2D eigenvalue weighted by atomic mass is 9.94. The summed E-state index contributed by atoms with van der Waals surface area (Å²) in [5.41, 5.74) is 0.300. The molecule has 0 radical (unpaired) electrons. The predicted octanol–water partition coefficient (Wildman–Crippen LogP) is 4.42. The number of halogens is 1. The SMILES string of the molecule is CCCCOC(=O)N1CCC(CCOc2c(F)ccc3nc(C(=O)NCc4cccc(OC)c4)[nH]c(=O)c23)CC1. The Balaban J connectivity index is 1.35. The molecule has 2 heterocycles. The fraction of sp³-hybridized carbons (Fsp3) is 0.448. The average molecular weight is 555 g/mol. The summed E-state index contributed by atoms with van der Waals surface area (Å²) >= 11 is 0. The third-order valence-corrected chi connectivity index (χ3v) is 6.95. The van der Waals surface area contributed by atoms with Gasteiger partial charge in [-0.1, -0.05) is 25.5 Å². The number of hydrogen-bond donors (Lipinski definition) is 2. The normalized spacial score (nSPS) is 13.7. The van der Waals surface area contributed by atoms with E-state index in [0.29, 0.717) is 37.8 Å². The van der Waals surface area contributed by atoms with Crippen LogP contribution in [-0.4, -0.2) is 60.3 Å². The van der Waals surface area contributed by atoms with Crippen LogP contribution in [0.5, 0.6) is 11.5 Å². The Hall–Kier alpha value is -4.15. The largest absolute Gasteiger partial charge is 0.497 e. The third kappa shape index (κ3) is 7.28. The van der Waals surface area contributed by atoms with Crippen LogP contribution in [0, 0.1) is 11.7 Å². The van der Waals surface area contributed by atoms with Crippen molar-refractivity contribution in [2.75, 3.05) is 33.4 Å². The number of methoxy groups -OCH3 is 1. The summed E-state index contributed by atoms with van der Waals surface area (Å²) in [6, 6.07) is 9.74. The number of nitrogens with zero attached hydrogens (tertiary/aromatic N) is 2. The number of aromatic amines is 1. The fourth-order valence-corrected chi connectivity index (χ4v) is 4.60. The number of benzene rings is 2. The summed E-state index contributed by atoms with van der Waals surface area (Å²) in [4.78, 5) is 46.1. The van der Waals surface area contributed by atoms with Crippen LogP contribution >= 0.6 is 0 Å². The van der Waals surface area contributed by atoms with Gasteiger partial charge in [0.05, 0.1) is 25.8 Å². The molecule has 2 N–H and O–H groups in total. The highest BCUT2D eigenvalue weighted by Gasteiger charge is 2.24. The number of likely N-dealkylation sites (tertiary alicyclic amines) is 1. The zero-order valence-electron chi connectivity index (χ0n) is 22.8. The van der Waals surface area contributed by atoms with E-state index < -0.39 is 17.3 Å². The van der Waals surface area contributed by atoms with E-state index in [9.17, 15) is 18.8 Å². The van der Waals surface area contributed by atoms with Crippen LogP contribution in [-0.2, 0) is 11.3 Å². The molecule has 1 aromatic heterocycles. The van der Waals surface area contributed by atoms with Crippen LogP contribution in [0.25, 0.3) is 10.9 Å². The van der Waals surface area contributed by atoms with E-state index in [2.05, 4.69) is 15.3 Å². The second kappa shape index (κ2) is 13.8. The molecule has 0 aliphatic carbocycles. The van der Waals surface area contributed by atoms with Crippen molar-refractivity contribution in [3.05, 3.63) is 64.0 Å². The van der Waals surface area contributed by atoms with Gasteiger partial charge in [0.2, 0.25) is 0 Å². The maximum absolute atomic E-state index is 14.7. The van der Waals surface area contributed by atoms with Gasteiger partial charge in [0, 0.05) is 19.6 Å². The number of H-pyrrole nitrogens is 1. The molecule has 1 saturated heterocycles. The molecule has 4 rings (SSSR count). The molecule has 1 aliphatic rings. The van der Waals surface area contributed by atoms with Crippen molar-refractivity contribution < 1.29 is 28.2 Å². The Morgan fingerprint density at radius 1 is 1.18 bits per heavy atom. The van der Waals surface area contributed by atoms with Crippen LogP contribution in [0.15, 0.2) is 41.2 Å². The summed E-state index contributed by atoms with van der Waals surface area (Å²) in [6.45, 7) is 4.08. The van der Waals surface area contributed by atoms with Crippen molar-refractivity contribution in [1.82, 2.24) is 20.2 Å². The summed E-state index contributed by atoms with van der Waals surface area (Å²) in [7, 11) is 1.56. The van der Waals surface area contributed by atoms with Gasteiger partial charge in [-0.05, 0) is 61.4 Å². The molecule has 0 saturated carbocycles. The zero-order valence-corrected chi connectivity index (χ0v) is 22.8. The average Bonchev–Trinajstić information content (AvgIpc) is 2.97. The van der Waals surface area contributed by atoms with Gasteiger partial charge in [-0.3, -0.25) is 9.59 Å². The highest BCUT2D eigenvalue weighted by Crippen LogP contribution is 2.27. The lowest BCUT2D eigenvalue weighted by Gasteiger charge is -2.31. The maximum atomic E-state index is 14.7. The third-order valence-electron chi connectivity index (χ3n) is 6.95. The Morgan fingerprint density at radius 3 is 2.73 bits per heavy atom. The molecule has 214 valence electrons. The van der Waals surface area contributed by atoms with Gasteiger partial charge in [-0.2, -0.15) is 0 Å². The van der Waals surface area contributed by atoms with Gasteiger partial charge < -0.3 is 29.4 Å². The number of piperidine rings is 1. The molecule has 2 aromatic carbocycles. The molecular weight excluding hydrogens is 519 g/mol. The number of carbonyl (C=O) groups excluding carboxylic acids is 2. The second-order valence-electron chi connectivity index (χ2n) is 9.75. The fourth-order valence-electron chi connectivity index (χ4n) is 4.60. The lowest BCUT2D eigenvalue weighted by Crippen LogP contribution is -2.39. The number of unbranched alkanes of at least 4 members (excludes halogenated alkanes) is 1. The second-order valence-corrected chi connectivity index (χ2v) is 9.75. The number of rotatable bonds is 11. The van der Waals surface area contributed by atoms with Gasteiger partial charge in [0.1, 0.15) is 11.1 Å².